The lowest BCUT2D eigenvalue weighted by Crippen LogP contribution is -2.33. The van der Waals surface area contributed by atoms with Gasteiger partial charge in [-0.2, -0.15) is 13.8 Å². The number of piperidine rings is 1. The molecule has 1 fully saturated rings. The fourth-order valence-corrected chi connectivity index (χ4v) is 2.42. The number of anilines is 1. The van der Waals surface area contributed by atoms with Gasteiger partial charge in [0, 0.05) is 24.9 Å². The van der Waals surface area contributed by atoms with Crippen molar-refractivity contribution in [1.29, 1.82) is 0 Å². The van der Waals surface area contributed by atoms with Crippen LogP contribution in [0.25, 0.3) is 0 Å². The molecule has 0 radical (unpaired) electrons. The number of aromatic nitrogens is 4. The third-order valence-corrected chi connectivity index (χ3v) is 3.70. The number of nitrogens with zero attached hydrogens (tertiary/aromatic N) is 5. The third kappa shape index (κ3) is 2.93. The summed E-state index contributed by atoms with van der Waals surface area (Å²) in [5, 5.41) is 11.0. The van der Waals surface area contributed by atoms with E-state index in [4.69, 9.17) is 8.94 Å². The largest absolute Gasteiger partial charge is 0.402 e. The van der Waals surface area contributed by atoms with Crippen molar-refractivity contribution in [3.05, 3.63) is 17.6 Å². The molecule has 1 aliphatic heterocycles. The molecule has 7 nitrogen and oxygen atoms in total. The van der Waals surface area contributed by atoms with E-state index >= 15 is 0 Å². The summed E-state index contributed by atoms with van der Waals surface area (Å²) >= 11 is 0. The molecule has 0 aliphatic carbocycles. The molecule has 3 rings (SSSR count). The number of hydrogen-bond acceptors (Lipinski definition) is 7. The van der Waals surface area contributed by atoms with Crippen LogP contribution in [0.5, 0.6) is 0 Å². The van der Waals surface area contributed by atoms with Crippen LogP contribution in [0.3, 0.4) is 0 Å². The van der Waals surface area contributed by atoms with Crippen molar-refractivity contribution in [3.63, 3.8) is 0 Å². The smallest absolute Gasteiger partial charge is 0.318 e. The Morgan fingerprint density at radius 1 is 1.14 bits per heavy atom. The van der Waals surface area contributed by atoms with Crippen molar-refractivity contribution in [2.75, 3.05) is 18.0 Å². The SMILES string of the molecule is CC(C)c1nc(C2CCN(c3nnc(C(F)F)o3)CC2)no1. The molecular weight excluding hydrogens is 296 g/mol. The zero-order valence-electron chi connectivity index (χ0n) is 12.4. The van der Waals surface area contributed by atoms with Crippen molar-refractivity contribution in [1.82, 2.24) is 20.3 Å². The summed E-state index contributed by atoms with van der Waals surface area (Å²) in [6.07, 6.45) is -1.18. The lowest BCUT2D eigenvalue weighted by atomic mass is 9.96. The first kappa shape index (κ1) is 14.9. The Morgan fingerprint density at radius 2 is 1.86 bits per heavy atom. The van der Waals surface area contributed by atoms with E-state index in [1.165, 1.54) is 0 Å². The van der Waals surface area contributed by atoms with E-state index in [0.29, 0.717) is 24.8 Å². The van der Waals surface area contributed by atoms with Gasteiger partial charge in [0.1, 0.15) is 0 Å². The first-order valence-corrected chi connectivity index (χ1v) is 7.24. The molecule has 0 saturated carbocycles. The van der Waals surface area contributed by atoms with Crippen molar-refractivity contribution in [2.45, 2.75) is 45.0 Å². The summed E-state index contributed by atoms with van der Waals surface area (Å²) in [4.78, 5) is 6.22. The molecule has 0 atom stereocenters. The normalized spacial score (nSPS) is 16.9. The van der Waals surface area contributed by atoms with E-state index in [1.807, 2.05) is 13.8 Å². The highest BCUT2D eigenvalue weighted by Crippen LogP contribution is 2.30. The molecule has 9 heteroatoms. The number of halogens is 2. The predicted molar refractivity (Wildman–Crippen MR) is 71.8 cm³/mol. The van der Waals surface area contributed by atoms with E-state index in [9.17, 15) is 8.78 Å². The topological polar surface area (TPSA) is 81.1 Å². The average molecular weight is 313 g/mol. The maximum atomic E-state index is 12.5. The van der Waals surface area contributed by atoms with E-state index in [2.05, 4.69) is 20.3 Å². The van der Waals surface area contributed by atoms with Crippen LogP contribution >= 0.6 is 0 Å². The summed E-state index contributed by atoms with van der Waals surface area (Å²) in [7, 11) is 0. The summed E-state index contributed by atoms with van der Waals surface area (Å²) in [6, 6.07) is 0.143. The quantitative estimate of drug-likeness (QED) is 0.858. The van der Waals surface area contributed by atoms with Gasteiger partial charge in [-0.05, 0) is 12.8 Å². The van der Waals surface area contributed by atoms with Crippen LogP contribution < -0.4 is 4.90 Å². The first-order chi connectivity index (χ1) is 10.5. The van der Waals surface area contributed by atoms with Crippen molar-refractivity contribution in [3.8, 4) is 0 Å². The van der Waals surface area contributed by atoms with E-state index in [-0.39, 0.29) is 17.9 Å². The second-order valence-electron chi connectivity index (χ2n) is 5.63. The van der Waals surface area contributed by atoms with Gasteiger partial charge in [0.2, 0.25) is 5.89 Å². The Kier molecular flexibility index (Phi) is 4.04. The fraction of sp³-hybridized carbons (Fsp3) is 0.692. The zero-order chi connectivity index (χ0) is 15.7. The van der Waals surface area contributed by atoms with E-state index < -0.39 is 12.3 Å². The molecule has 2 aromatic heterocycles. The monoisotopic (exact) mass is 313 g/mol. The van der Waals surface area contributed by atoms with Crippen molar-refractivity contribution >= 4 is 6.01 Å². The molecule has 1 saturated heterocycles. The standard InChI is InChI=1S/C13H17F2N5O2/c1-7(2)11-16-10(19-22-11)8-3-5-20(6-4-8)13-18-17-12(21-13)9(14)15/h7-9H,3-6H2,1-2H3. The third-order valence-electron chi connectivity index (χ3n) is 3.70. The summed E-state index contributed by atoms with van der Waals surface area (Å²) in [5.41, 5.74) is 0. The van der Waals surface area contributed by atoms with Crippen molar-refractivity contribution < 1.29 is 17.7 Å². The number of hydrogen-bond donors (Lipinski definition) is 0. The highest BCUT2D eigenvalue weighted by atomic mass is 19.3. The summed E-state index contributed by atoms with van der Waals surface area (Å²) in [5.74, 6) is 1.10. The Hall–Kier alpha value is -2.06. The summed E-state index contributed by atoms with van der Waals surface area (Å²) < 4.78 is 35.1. The van der Waals surface area contributed by atoms with E-state index in [0.717, 1.165) is 12.8 Å². The van der Waals surface area contributed by atoms with Crippen LogP contribution in [0.2, 0.25) is 0 Å². The molecule has 0 unspecified atom stereocenters. The second kappa shape index (κ2) is 5.98. The highest BCUT2D eigenvalue weighted by molar-refractivity contribution is 5.26. The lowest BCUT2D eigenvalue weighted by molar-refractivity contribution is 0.115. The van der Waals surface area contributed by atoms with Gasteiger partial charge in [0.15, 0.2) is 5.82 Å². The van der Waals surface area contributed by atoms with Gasteiger partial charge < -0.3 is 13.8 Å². The van der Waals surface area contributed by atoms with Crippen molar-refractivity contribution in [2.24, 2.45) is 0 Å². The molecule has 3 heterocycles. The maximum Gasteiger partial charge on any atom is 0.318 e. The molecule has 120 valence electrons. The number of rotatable bonds is 4. The molecule has 0 spiro atoms. The molecular formula is C13H17F2N5O2. The van der Waals surface area contributed by atoms with Crippen LogP contribution in [0.1, 0.15) is 62.6 Å². The molecule has 2 aromatic rings. The van der Waals surface area contributed by atoms with Gasteiger partial charge in [0.25, 0.3) is 5.89 Å². The first-order valence-electron chi connectivity index (χ1n) is 7.24. The Balaban J connectivity index is 1.61. The lowest BCUT2D eigenvalue weighted by Gasteiger charge is -2.28. The molecule has 0 amide bonds. The minimum absolute atomic E-state index is 0.143. The minimum atomic E-state index is -2.74. The average Bonchev–Trinajstić information content (AvgIpc) is 3.17. The van der Waals surface area contributed by atoms with Gasteiger partial charge in [0.05, 0.1) is 0 Å². The molecule has 1 aliphatic rings. The molecule has 22 heavy (non-hydrogen) atoms. The zero-order valence-corrected chi connectivity index (χ0v) is 12.4. The van der Waals surface area contributed by atoms with E-state index in [1.54, 1.807) is 4.90 Å². The Labute approximate surface area is 125 Å². The van der Waals surface area contributed by atoms with Crippen LogP contribution in [-0.4, -0.2) is 33.4 Å². The Bertz CT molecular complexity index is 565. The highest BCUT2D eigenvalue weighted by Gasteiger charge is 2.28. The van der Waals surface area contributed by atoms with Gasteiger partial charge in [-0.1, -0.05) is 24.1 Å². The van der Waals surface area contributed by atoms with Crippen LogP contribution in [0.4, 0.5) is 14.8 Å². The van der Waals surface area contributed by atoms with Gasteiger partial charge in [-0.15, -0.1) is 5.10 Å². The van der Waals surface area contributed by atoms with Crippen LogP contribution in [0.15, 0.2) is 8.94 Å². The van der Waals surface area contributed by atoms with Gasteiger partial charge in [-0.25, -0.2) is 0 Å². The number of alkyl halides is 2. The van der Waals surface area contributed by atoms with Crippen LogP contribution in [-0.2, 0) is 0 Å². The second-order valence-corrected chi connectivity index (χ2v) is 5.63. The van der Waals surface area contributed by atoms with Gasteiger partial charge >= 0.3 is 12.4 Å². The van der Waals surface area contributed by atoms with Gasteiger partial charge in [-0.3, -0.25) is 0 Å². The molecule has 0 N–H and O–H groups in total. The molecule has 0 bridgehead atoms. The predicted octanol–water partition coefficient (Wildman–Crippen LogP) is 2.90. The Morgan fingerprint density at radius 3 is 2.41 bits per heavy atom. The van der Waals surface area contributed by atoms with Crippen LogP contribution in [0, 0.1) is 0 Å². The minimum Gasteiger partial charge on any atom is -0.402 e. The molecule has 0 aromatic carbocycles. The summed E-state index contributed by atoms with van der Waals surface area (Å²) in [6.45, 7) is 5.24. The maximum absolute atomic E-state index is 12.5. The fourth-order valence-electron chi connectivity index (χ4n) is 2.42.